The molecule has 6 nitrogen and oxygen atoms in total. The predicted octanol–water partition coefficient (Wildman–Crippen LogP) is 3.08. The molecule has 0 bridgehead atoms. The Morgan fingerprint density at radius 1 is 1.19 bits per heavy atom. The molecule has 0 spiro atoms. The van der Waals surface area contributed by atoms with Gasteiger partial charge in [0.25, 0.3) is 5.91 Å². The van der Waals surface area contributed by atoms with Crippen molar-refractivity contribution in [3.8, 4) is 5.75 Å². The summed E-state index contributed by atoms with van der Waals surface area (Å²) in [6, 6.07) is 8.05. The zero-order valence-electron chi connectivity index (χ0n) is 15.2. The third-order valence-corrected chi connectivity index (χ3v) is 6.12. The molecule has 27 heavy (non-hydrogen) atoms. The number of hydrogen-bond donors (Lipinski definition) is 1. The number of pyridine rings is 2. The molecule has 7 heteroatoms. The number of piperidine rings is 1. The molecular formula is C20H24N4O2S. The molecule has 2 fully saturated rings. The Labute approximate surface area is 163 Å². The molecule has 0 radical (unpaired) electrons. The van der Waals surface area contributed by atoms with Crippen molar-refractivity contribution in [3.05, 3.63) is 48.4 Å². The summed E-state index contributed by atoms with van der Waals surface area (Å²) >= 11 is 1.96. The first-order valence-electron chi connectivity index (χ1n) is 9.44. The monoisotopic (exact) mass is 384 g/mol. The van der Waals surface area contributed by atoms with Gasteiger partial charge in [-0.2, -0.15) is 11.8 Å². The number of carbonyl (C=O) groups excluding carboxylic acids is 1. The minimum Gasteiger partial charge on any atom is -0.489 e. The lowest BCUT2D eigenvalue weighted by Crippen LogP contribution is -2.41. The van der Waals surface area contributed by atoms with Crippen LogP contribution < -0.4 is 10.1 Å². The van der Waals surface area contributed by atoms with E-state index in [-0.39, 0.29) is 12.0 Å². The number of carbonyl (C=O) groups is 1. The Balaban J connectivity index is 1.28. The molecule has 2 saturated heterocycles. The zero-order chi connectivity index (χ0) is 18.5. The number of nitrogens with one attached hydrogen (secondary N) is 1. The lowest BCUT2D eigenvalue weighted by molar-refractivity contribution is 0.0594. The van der Waals surface area contributed by atoms with E-state index in [2.05, 4.69) is 15.3 Å². The summed E-state index contributed by atoms with van der Waals surface area (Å²) in [5.74, 6) is 4.01. The lowest BCUT2D eigenvalue weighted by atomic mass is 10.1. The van der Waals surface area contributed by atoms with Crippen LogP contribution in [0.5, 0.6) is 5.75 Å². The van der Waals surface area contributed by atoms with E-state index >= 15 is 0 Å². The van der Waals surface area contributed by atoms with Gasteiger partial charge >= 0.3 is 0 Å². The molecule has 1 atom stereocenters. The molecule has 2 aromatic rings. The van der Waals surface area contributed by atoms with Crippen molar-refractivity contribution in [2.75, 3.05) is 29.9 Å². The number of thioether (sulfide) groups is 1. The first-order valence-corrected chi connectivity index (χ1v) is 10.6. The van der Waals surface area contributed by atoms with Crippen molar-refractivity contribution in [1.82, 2.24) is 14.9 Å². The van der Waals surface area contributed by atoms with E-state index in [1.54, 1.807) is 18.6 Å². The summed E-state index contributed by atoms with van der Waals surface area (Å²) in [5.41, 5.74) is 0.646. The van der Waals surface area contributed by atoms with Gasteiger partial charge in [-0.15, -0.1) is 0 Å². The molecule has 2 aliphatic heterocycles. The molecule has 2 aliphatic rings. The van der Waals surface area contributed by atoms with E-state index in [0.717, 1.165) is 30.2 Å². The maximum absolute atomic E-state index is 12.7. The van der Waals surface area contributed by atoms with Crippen LogP contribution in [0.4, 0.5) is 5.82 Å². The minimum absolute atomic E-state index is 0.0466. The van der Waals surface area contributed by atoms with Gasteiger partial charge in [0.05, 0.1) is 11.8 Å². The highest BCUT2D eigenvalue weighted by atomic mass is 32.2. The van der Waals surface area contributed by atoms with Crippen molar-refractivity contribution < 1.29 is 9.53 Å². The van der Waals surface area contributed by atoms with Crippen molar-refractivity contribution in [2.24, 2.45) is 0 Å². The standard InChI is InChI=1S/C20H24N4O2S/c25-20(15-3-4-19(22-12-15)23-16-7-11-27-14-16)24-9-5-17(6-10-24)26-18-2-1-8-21-13-18/h1-4,8,12-13,16-17H,5-7,9-11,14H2,(H,22,23)/t16-/m0/s1. The van der Waals surface area contributed by atoms with Crippen LogP contribution in [0.2, 0.25) is 0 Å². The zero-order valence-corrected chi connectivity index (χ0v) is 16.0. The highest BCUT2D eigenvalue weighted by Gasteiger charge is 2.25. The van der Waals surface area contributed by atoms with Gasteiger partial charge in [0.15, 0.2) is 0 Å². The van der Waals surface area contributed by atoms with E-state index in [9.17, 15) is 4.79 Å². The van der Waals surface area contributed by atoms with Gasteiger partial charge in [-0.05, 0) is 36.4 Å². The van der Waals surface area contributed by atoms with Crippen LogP contribution in [0.15, 0.2) is 42.9 Å². The number of aromatic nitrogens is 2. The van der Waals surface area contributed by atoms with Crippen LogP contribution in [0.25, 0.3) is 0 Å². The summed E-state index contributed by atoms with van der Waals surface area (Å²) in [4.78, 5) is 23.1. The highest BCUT2D eigenvalue weighted by molar-refractivity contribution is 7.99. The van der Waals surface area contributed by atoms with E-state index in [4.69, 9.17) is 4.74 Å². The van der Waals surface area contributed by atoms with E-state index in [1.807, 2.05) is 40.9 Å². The Kier molecular flexibility index (Phi) is 5.77. The van der Waals surface area contributed by atoms with Crippen molar-refractivity contribution in [2.45, 2.75) is 31.4 Å². The number of hydrogen-bond acceptors (Lipinski definition) is 6. The van der Waals surface area contributed by atoms with Crippen molar-refractivity contribution >= 4 is 23.5 Å². The van der Waals surface area contributed by atoms with Gasteiger partial charge in [-0.3, -0.25) is 9.78 Å². The Morgan fingerprint density at radius 3 is 2.74 bits per heavy atom. The maximum atomic E-state index is 12.7. The second kappa shape index (κ2) is 8.61. The molecule has 0 aliphatic carbocycles. The second-order valence-corrected chi connectivity index (χ2v) is 8.08. The third kappa shape index (κ3) is 4.71. The third-order valence-electron chi connectivity index (χ3n) is 4.96. The smallest absolute Gasteiger partial charge is 0.255 e. The Morgan fingerprint density at radius 2 is 2.07 bits per heavy atom. The lowest BCUT2D eigenvalue weighted by Gasteiger charge is -2.32. The van der Waals surface area contributed by atoms with Gasteiger partial charge in [0.1, 0.15) is 17.7 Å². The van der Waals surface area contributed by atoms with Crippen LogP contribution in [-0.2, 0) is 0 Å². The first-order chi connectivity index (χ1) is 13.3. The number of anilines is 1. The summed E-state index contributed by atoms with van der Waals surface area (Å²) in [7, 11) is 0. The van der Waals surface area contributed by atoms with Gasteiger partial charge in [-0.25, -0.2) is 4.98 Å². The number of amides is 1. The fourth-order valence-corrected chi connectivity index (χ4v) is 4.58. The van der Waals surface area contributed by atoms with Crippen LogP contribution in [0.3, 0.4) is 0 Å². The van der Waals surface area contributed by atoms with E-state index in [1.165, 1.54) is 12.2 Å². The fraction of sp³-hybridized carbons (Fsp3) is 0.450. The topological polar surface area (TPSA) is 67.4 Å². The van der Waals surface area contributed by atoms with E-state index in [0.29, 0.717) is 24.7 Å². The average Bonchev–Trinajstić information content (AvgIpc) is 3.22. The first kappa shape index (κ1) is 18.1. The maximum Gasteiger partial charge on any atom is 0.255 e. The largest absolute Gasteiger partial charge is 0.489 e. The second-order valence-electron chi connectivity index (χ2n) is 6.94. The number of ether oxygens (including phenoxy) is 1. The molecule has 4 rings (SSSR count). The molecule has 0 saturated carbocycles. The quantitative estimate of drug-likeness (QED) is 0.855. The van der Waals surface area contributed by atoms with Crippen LogP contribution in [0.1, 0.15) is 29.6 Å². The molecule has 0 aromatic carbocycles. The van der Waals surface area contributed by atoms with Gasteiger partial charge < -0.3 is 15.0 Å². The number of likely N-dealkylation sites (tertiary alicyclic amines) is 1. The van der Waals surface area contributed by atoms with Gasteiger partial charge in [0.2, 0.25) is 0 Å². The Hall–Kier alpha value is -2.28. The molecule has 142 valence electrons. The summed E-state index contributed by atoms with van der Waals surface area (Å²) in [5, 5.41) is 3.44. The average molecular weight is 385 g/mol. The van der Waals surface area contributed by atoms with Crippen LogP contribution >= 0.6 is 11.8 Å². The van der Waals surface area contributed by atoms with Gasteiger partial charge in [0, 0.05) is 50.1 Å². The molecule has 1 amide bonds. The van der Waals surface area contributed by atoms with E-state index < -0.39 is 0 Å². The normalized spacial score (nSPS) is 20.4. The fourth-order valence-electron chi connectivity index (χ4n) is 3.43. The SMILES string of the molecule is O=C(c1ccc(N[C@H]2CCSC2)nc1)N1CCC(Oc2cccnc2)CC1. The molecule has 0 unspecified atom stereocenters. The number of rotatable bonds is 5. The minimum atomic E-state index is 0.0466. The van der Waals surface area contributed by atoms with Crippen LogP contribution in [0, 0.1) is 0 Å². The molecule has 2 aromatic heterocycles. The molecular weight excluding hydrogens is 360 g/mol. The van der Waals surface area contributed by atoms with Gasteiger partial charge in [-0.1, -0.05) is 0 Å². The summed E-state index contributed by atoms with van der Waals surface area (Å²) in [6.45, 7) is 1.39. The van der Waals surface area contributed by atoms with Crippen molar-refractivity contribution in [3.63, 3.8) is 0 Å². The predicted molar refractivity (Wildman–Crippen MR) is 107 cm³/mol. The molecule has 4 heterocycles. The summed E-state index contributed by atoms with van der Waals surface area (Å²) in [6.07, 6.45) is 8.10. The number of nitrogens with zero attached hydrogens (tertiary/aromatic N) is 3. The Bertz CT molecular complexity index is 742. The summed E-state index contributed by atoms with van der Waals surface area (Å²) < 4.78 is 5.95. The molecule has 1 N–H and O–H groups in total. The van der Waals surface area contributed by atoms with Crippen molar-refractivity contribution in [1.29, 1.82) is 0 Å². The van der Waals surface area contributed by atoms with Crippen LogP contribution in [-0.4, -0.2) is 57.5 Å². The highest BCUT2D eigenvalue weighted by Crippen LogP contribution is 2.22.